The van der Waals surface area contributed by atoms with E-state index in [0.717, 1.165) is 51.6 Å². The van der Waals surface area contributed by atoms with Crippen LogP contribution in [0.5, 0.6) is 0 Å². The molecule has 0 spiro atoms. The molecule has 0 aromatic heterocycles. The normalized spacial score (nSPS) is 10.2. The van der Waals surface area contributed by atoms with Crippen molar-refractivity contribution < 1.29 is 28.8 Å². The van der Waals surface area contributed by atoms with Gasteiger partial charge in [0, 0.05) is 6.54 Å². The van der Waals surface area contributed by atoms with E-state index in [2.05, 4.69) is 13.2 Å². The molecule has 0 radical (unpaired) electrons. The maximum Gasteiger partial charge on any atom is 1.00 e. The van der Waals surface area contributed by atoms with Crippen LogP contribution in [-0.2, 0) is 4.79 Å². The van der Waals surface area contributed by atoms with Crippen LogP contribution in [0.2, 0.25) is 0 Å². The van der Waals surface area contributed by atoms with Crippen molar-refractivity contribution >= 4 is 5.97 Å². The number of carboxylic acids is 1. The molecule has 0 aliphatic heterocycles. The summed E-state index contributed by atoms with van der Waals surface area (Å²) < 4.78 is 0. The van der Waals surface area contributed by atoms with Crippen molar-refractivity contribution in [1.82, 2.24) is 4.90 Å². The number of carbonyl (C=O) groups is 1. The van der Waals surface area contributed by atoms with E-state index < -0.39 is 5.97 Å². The summed E-state index contributed by atoms with van der Waals surface area (Å²) in [5, 5.41) is 10.8. The van der Waals surface area contributed by atoms with Gasteiger partial charge in [-0.05, 0) is 51.6 Å². The van der Waals surface area contributed by atoms with E-state index in [1.165, 1.54) is 25.7 Å². The summed E-state index contributed by atoms with van der Waals surface area (Å²) in [6.07, 6.45) is 15.3. The molecule has 22 heavy (non-hydrogen) atoms. The largest absolute Gasteiger partial charge is 1.00 e. The van der Waals surface area contributed by atoms with Crippen LogP contribution in [0, 0.1) is 0 Å². The first kappa shape index (κ1) is 23.8. The summed E-state index contributed by atoms with van der Waals surface area (Å²) >= 11 is 0. The summed E-state index contributed by atoms with van der Waals surface area (Å²) in [4.78, 5) is 12.8. The molecular formula is C18H32LiNO2. The Balaban J connectivity index is 0. The number of carboxylic acid groups (broad SMARTS) is 1. The van der Waals surface area contributed by atoms with Crippen molar-refractivity contribution in [3.63, 3.8) is 0 Å². The molecule has 0 saturated carbocycles. The van der Waals surface area contributed by atoms with Crippen molar-refractivity contribution in [2.45, 2.75) is 64.2 Å². The standard InChI is InChI=1S/C18H33NO2.Li/c1-3-5-7-9-11-13-15-19(17-18(20)21)16-14-12-10-8-6-4-2;/h3-4H,1-2,5-17H2,(H,20,21);/q;+1/p-1. The first-order valence-corrected chi connectivity index (χ1v) is 8.34. The quantitative estimate of drug-likeness (QED) is 0.234. The van der Waals surface area contributed by atoms with Crippen LogP contribution in [0.1, 0.15) is 64.2 Å². The molecule has 0 fully saturated rings. The summed E-state index contributed by atoms with van der Waals surface area (Å²) in [5.74, 6) is -0.965. The first-order chi connectivity index (χ1) is 10.2. The van der Waals surface area contributed by atoms with E-state index >= 15 is 0 Å². The molecule has 0 rings (SSSR count). The van der Waals surface area contributed by atoms with Crippen LogP contribution in [0.25, 0.3) is 0 Å². The molecule has 0 N–H and O–H groups in total. The van der Waals surface area contributed by atoms with E-state index in [1.54, 1.807) is 0 Å². The van der Waals surface area contributed by atoms with Gasteiger partial charge in [-0.25, -0.2) is 0 Å². The second-order valence-corrected chi connectivity index (χ2v) is 5.63. The molecule has 0 heterocycles. The molecule has 0 aromatic carbocycles. The van der Waals surface area contributed by atoms with E-state index in [0.29, 0.717) is 0 Å². The maximum atomic E-state index is 10.8. The monoisotopic (exact) mass is 301 g/mol. The van der Waals surface area contributed by atoms with Gasteiger partial charge in [0.15, 0.2) is 0 Å². The van der Waals surface area contributed by atoms with Crippen LogP contribution in [0.4, 0.5) is 0 Å². The number of rotatable bonds is 16. The first-order valence-electron chi connectivity index (χ1n) is 8.34. The number of hydrogen-bond acceptors (Lipinski definition) is 3. The fourth-order valence-corrected chi connectivity index (χ4v) is 2.41. The van der Waals surface area contributed by atoms with Crippen LogP contribution in [-0.4, -0.2) is 30.5 Å². The van der Waals surface area contributed by atoms with Gasteiger partial charge in [-0.2, -0.15) is 0 Å². The number of aliphatic carboxylic acids is 1. The average molecular weight is 301 g/mol. The predicted octanol–water partition coefficient (Wildman–Crippen LogP) is 0.315. The summed E-state index contributed by atoms with van der Waals surface area (Å²) in [6, 6.07) is 0. The van der Waals surface area contributed by atoms with E-state index in [-0.39, 0.29) is 25.4 Å². The predicted molar refractivity (Wildman–Crippen MR) is 88.0 cm³/mol. The number of carbonyl (C=O) groups excluding carboxylic acids is 1. The Kier molecular flexibility index (Phi) is 20.0. The van der Waals surface area contributed by atoms with Crippen LogP contribution in [0.15, 0.2) is 25.3 Å². The van der Waals surface area contributed by atoms with E-state index in [4.69, 9.17) is 0 Å². The van der Waals surface area contributed by atoms with Gasteiger partial charge < -0.3 is 9.90 Å². The Morgan fingerprint density at radius 3 is 1.59 bits per heavy atom. The third-order valence-corrected chi connectivity index (χ3v) is 3.62. The van der Waals surface area contributed by atoms with Crippen molar-refractivity contribution in [3.05, 3.63) is 25.3 Å². The SMILES string of the molecule is C=CCCCCCCN(CCCCCCC=C)CC(=O)[O-].[Li+]. The Bertz CT molecular complexity index is 262. The number of unbranched alkanes of at least 4 members (excludes halogenated alkanes) is 8. The molecule has 0 saturated heterocycles. The van der Waals surface area contributed by atoms with Gasteiger partial charge >= 0.3 is 18.9 Å². The molecule has 0 amide bonds. The fraction of sp³-hybridized carbons (Fsp3) is 0.722. The Morgan fingerprint density at radius 2 is 1.23 bits per heavy atom. The third-order valence-electron chi connectivity index (χ3n) is 3.62. The molecule has 0 aliphatic rings. The van der Waals surface area contributed by atoms with Crippen molar-refractivity contribution in [2.75, 3.05) is 19.6 Å². The Morgan fingerprint density at radius 1 is 0.818 bits per heavy atom. The summed E-state index contributed by atoms with van der Waals surface area (Å²) in [6.45, 7) is 9.24. The van der Waals surface area contributed by atoms with Gasteiger partial charge in [0.25, 0.3) is 0 Å². The fourth-order valence-electron chi connectivity index (χ4n) is 2.41. The summed E-state index contributed by atoms with van der Waals surface area (Å²) in [7, 11) is 0. The second-order valence-electron chi connectivity index (χ2n) is 5.63. The van der Waals surface area contributed by atoms with Gasteiger partial charge in [0.1, 0.15) is 0 Å². The molecule has 0 atom stereocenters. The van der Waals surface area contributed by atoms with Crippen LogP contribution < -0.4 is 24.0 Å². The molecule has 0 unspecified atom stereocenters. The van der Waals surface area contributed by atoms with E-state index in [1.807, 2.05) is 17.1 Å². The Hall–Kier alpha value is -0.493. The molecule has 122 valence electrons. The van der Waals surface area contributed by atoms with Gasteiger partial charge in [0.2, 0.25) is 0 Å². The molecular weight excluding hydrogens is 269 g/mol. The zero-order chi connectivity index (χ0) is 15.8. The number of nitrogens with zero attached hydrogens (tertiary/aromatic N) is 1. The molecule has 4 heteroatoms. The van der Waals surface area contributed by atoms with Gasteiger partial charge in [0.05, 0.1) is 5.97 Å². The van der Waals surface area contributed by atoms with Crippen molar-refractivity contribution in [2.24, 2.45) is 0 Å². The second kappa shape index (κ2) is 18.6. The van der Waals surface area contributed by atoms with Crippen molar-refractivity contribution in [3.8, 4) is 0 Å². The maximum absolute atomic E-state index is 10.8. The third kappa shape index (κ3) is 17.6. The van der Waals surface area contributed by atoms with Crippen molar-refractivity contribution in [1.29, 1.82) is 0 Å². The van der Waals surface area contributed by atoms with Crippen LogP contribution in [0.3, 0.4) is 0 Å². The van der Waals surface area contributed by atoms with Gasteiger partial charge in [-0.3, -0.25) is 4.90 Å². The van der Waals surface area contributed by atoms with Crippen LogP contribution >= 0.6 is 0 Å². The zero-order valence-corrected chi connectivity index (χ0v) is 14.5. The van der Waals surface area contributed by atoms with E-state index in [9.17, 15) is 9.90 Å². The molecule has 0 bridgehead atoms. The van der Waals surface area contributed by atoms with Gasteiger partial charge in [-0.1, -0.05) is 37.8 Å². The summed E-state index contributed by atoms with van der Waals surface area (Å²) in [5.41, 5.74) is 0. The minimum atomic E-state index is -0.965. The van der Waals surface area contributed by atoms with Gasteiger partial charge in [-0.15, -0.1) is 13.2 Å². The zero-order valence-electron chi connectivity index (χ0n) is 14.5. The Labute approximate surface area is 149 Å². The molecule has 0 aliphatic carbocycles. The molecule has 0 aromatic rings. The average Bonchev–Trinajstić information content (AvgIpc) is 2.45. The molecule has 3 nitrogen and oxygen atoms in total. The number of allylic oxidation sites excluding steroid dienone is 2. The topological polar surface area (TPSA) is 43.4 Å². The smallest absolute Gasteiger partial charge is 0.549 e. The minimum absolute atomic E-state index is 0. The number of hydrogen-bond donors (Lipinski definition) is 0. The minimum Gasteiger partial charge on any atom is -0.549 e.